The number of hydrogen-bond donors (Lipinski definition) is 2. The Balaban J connectivity index is 0.000000245. The molecule has 0 radical (unpaired) electrons. The topological polar surface area (TPSA) is 563 Å². The van der Waals surface area contributed by atoms with Gasteiger partial charge < -0.3 is 75.6 Å². The molecule has 0 amide bonds. The van der Waals surface area contributed by atoms with Crippen LogP contribution in [0.2, 0.25) is 0 Å². The van der Waals surface area contributed by atoms with Crippen LogP contribution in [0.1, 0.15) is 103 Å². The highest BCUT2D eigenvalue weighted by Gasteiger charge is 2.71. The van der Waals surface area contributed by atoms with Crippen LogP contribution in [0.4, 0.5) is 65.9 Å². The van der Waals surface area contributed by atoms with Crippen LogP contribution >= 0.6 is 316 Å². The Hall–Kier alpha value is -0.350. The minimum Gasteiger partial charge on any atom is -0.748 e. The monoisotopic (exact) mass is 3720 g/mol. The highest BCUT2D eigenvalue weighted by Crippen LogP contribution is 2.60. The van der Waals surface area contributed by atoms with Crippen molar-refractivity contribution in [3.8, 4) is 11.5 Å². The number of rotatable bonds is 26. The molecule has 5 aromatic rings. The number of fused-ring (bicyclic) bond motifs is 3. The van der Waals surface area contributed by atoms with Gasteiger partial charge in [-0.3, -0.25) is 19.2 Å². The lowest BCUT2D eigenvalue weighted by Gasteiger charge is -2.31. The molecule has 6 fully saturated rings. The van der Waals surface area contributed by atoms with E-state index in [1.165, 1.54) is 12.1 Å². The maximum absolute atomic E-state index is 13.2. The summed E-state index contributed by atoms with van der Waals surface area (Å²) in [4.78, 5) is 112. The number of phenolic OH excluding ortho intramolecular Hbond substituents is 2. The first kappa shape index (κ1) is 130. The number of ether oxygens (including phenoxy) is 9. The lowest BCUT2D eigenvalue weighted by Crippen LogP contribution is -2.47. The van der Waals surface area contributed by atoms with Crippen LogP contribution in [0, 0.1) is 97.3 Å². The summed E-state index contributed by atoms with van der Waals surface area (Å²) in [6, 6.07) is 14.4. The Morgan fingerprint density at radius 3 is 1.13 bits per heavy atom. The Labute approximate surface area is 989 Å². The van der Waals surface area contributed by atoms with Gasteiger partial charge in [-0.05, 0) is 428 Å². The van der Waals surface area contributed by atoms with Gasteiger partial charge in [-0.25, -0.2) is 66.1 Å². The molecule has 0 aromatic heterocycles. The maximum Gasteiger partial charge on any atom is 0.426 e. The number of carbonyl (C=O) groups excluding carboxylic acids is 9. The molecule has 1 aliphatic heterocycles. The van der Waals surface area contributed by atoms with Gasteiger partial charge in [0.2, 0.25) is 30.5 Å². The summed E-state index contributed by atoms with van der Waals surface area (Å²) in [5.41, 5.74) is 0.0287. The minimum atomic E-state index is -5.38. The first-order valence-corrected chi connectivity index (χ1v) is 61.3. The second-order valence-corrected chi connectivity index (χ2v) is 54.4. The van der Waals surface area contributed by atoms with Gasteiger partial charge in [0.1, 0.15) is 53.3 Å². The van der Waals surface area contributed by atoms with Crippen molar-refractivity contribution in [2.24, 2.45) is 47.3 Å². The summed E-state index contributed by atoms with van der Waals surface area (Å²) in [7, 11) is -26.5. The Bertz CT molecular complexity index is 6340. The van der Waals surface area contributed by atoms with Crippen LogP contribution in [0.15, 0.2) is 54.6 Å². The third kappa shape index (κ3) is 38.3. The van der Waals surface area contributed by atoms with E-state index in [0.717, 1.165) is 27.5 Å². The van der Waals surface area contributed by atoms with E-state index in [2.05, 4.69) is 114 Å². The summed E-state index contributed by atoms with van der Waals surface area (Å²) < 4.78 is 406. The molecule has 35 nitrogen and oxygen atoms in total. The first-order valence-electron chi connectivity index (χ1n) is 38.3. The fraction of sp³-hybridized carbons (Fsp3) is 0.473. The Morgan fingerprint density at radius 2 is 0.727 bits per heavy atom. The van der Waals surface area contributed by atoms with E-state index in [0.29, 0.717) is 54.7 Å². The van der Waals surface area contributed by atoms with Gasteiger partial charge >= 0.3 is 84.6 Å². The van der Waals surface area contributed by atoms with Crippen LogP contribution < -0.4 is 0 Å². The first-order chi connectivity index (χ1) is 64.9. The van der Waals surface area contributed by atoms with Gasteiger partial charge in [0, 0.05) is 57.0 Å². The molecule has 0 spiro atoms. The molecule has 17 unspecified atom stereocenters. The van der Waals surface area contributed by atoms with Gasteiger partial charge in [-0.15, -0.1) is 0 Å². The molecule has 11 rings (SSSR count). The van der Waals surface area contributed by atoms with Crippen molar-refractivity contribution < 1.29 is 227 Å². The zero-order valence-corrected chi connectivity index (χ0v) is 103. The van der Waals surface area contributed by atoms with Crippen molar-refractivity contribution in [2.45, 2.75) is 137 Å². The predicted octanol–water partition coefficient (Wildman–Crippen LogP) is 16.3. The molecule has 1 saturated heterocycles. The summed E-state index contributed by atoms with van der Waals surface area (Å²) in [6.07, 6.45) is -42.9. The molecular weight excluding hydrogens is 3670 g/mol. The van der Waals surface area contributed by atoms with Crippen molar-refractivity contribution in [2.75, 3.05) is 28.8 Å². The van der Waals surface area contributed by atoms with Crippen LogP contribution in [0.25, 0.3) is 0 Å². The number of esters is 9. The summed E-state index contributed by atoms with van der Waals surface area (Å²) in [6.45, 7) is 0. The Kier molecular flexibility index (Phi) is 47.3. The average molecular weight is 3730 g/mol. The van der Waals surface area contributed by atoms with Crippen LogP contribution in [-0.2, 0) is 112 Å². The van der Waals surface area contributed by atoms with Gasteiger partial charge in [0.05, 0.1) is 124 Å². The lowest BCUT2D eigenvalue weighted by molar-refractivity contribution is -0.220. The second kappa shape index (κ2) is 52.2. The normalized spacial score (nSPS) is 22.0. The number of phenols is 2. The fourth-order valence-electron chi connectivity index (χ4n) is 14.8. The van der Waals surface area contributed by atoms with Crippen molar-refractivity contribution in [3.63, 3.8) is 0 Å². The zero-order chi connectivity index (χ0) is 109. The fourth-order valence-corrected chi connectivity index (χ4v) is 30.7. The number of alkyl halides is 15. The molecule has 798 valence electrons. The molecule has 5 saturated carbocycles. The quantitative estimate of drug-likeness (QED) is 0.0130. The molecule has 5 aromatic carbocycles. The highest BCUT2D eigenvalue weighted by molar-refractivity contribution is 14.1. The molecule has 143 heavy (non-hydrogen) atoms. The van der Waals surface area contributed by atoms with E-state index in [9.17, 15) is 184 Å². The summed E-state index contributed by atoms with van der Waals surface area (Å²) in [5.74, 6) is -26.6. The third-order valence-electron chi connectivity index (χ3n) is 20.7. The predicted molar refractivity (Wildman–Crippen MR) is 567 cm³/mol. The van der Waals surface area contributed by atoms with Gasteiger partial charge in [-0.1, -0.05) is 0 Å². The van der Waals surface area contributed by atoms with Crippen LogP contribution in [-0.4, -0.2) is 243 Å². The lowest BCUT2D eigenvalue weighted by atomic mass is 9.80. The Morgan fingerprint density at radius 1 is 0.371 bits per heavy atom. The van der Waals surface area contributed by atoms with Crippen LogP contribution in [0.3, 0.4) is 0 Å². The summed E-state index contributed by atoms with van der Waals surface area (Å²) >= 11 is 26.7. The average Bonchev–Trinajstić information content (AvgIpc) is 1.54. The number of halogens is 29. The number of hydrogen-bond acceptors (Lipinski definition) is 35. The molecule has 1 heterocycles. The zero-order valence-electron chi connectivity index (χ0n) is 69.1. The number of aromatic hydroxyl groups is 2. The van der Waals surface area contributed by atoms with E-state index in [4.69, 9.17) is 18.9 Å². The SMILES string of the molecule is O=C(OC(CS(=O)(=O)[O-])C(F)(F)F)c1c(I)cc(I)c(O)c1I.O=C(OC(CS(=O)(=O)[O-])C(F)(F)F)c1cc(I)cc(I)c1O.O=C(OC1C2CC3C(OC(=O)C31)C2C(=O)OC(CS(=O)(=O)[O-])C(F)(F)F)c1cc(I)cc(I)c1I.O=C(OC1CC2CC(C(=O)OC(CS(=O)(=O)[O-])C(F)(F)F)C1C2)c1cc(I)cc(I)c1I.O=C(OC1CCCC(C(=O)OC(CS(=O)(=O)[O-])C(F)(F)F)C1)c1cc(I)cc(I)c1I. The number of carbonyl (C=O) groups is 9. The smallest absolute Gasteiger partial charge is 0.426 e. The van der Waals surface area contributed by atoms with E-state index in [-0.39, 0.29) is 59.2 Å². The molecule has 2 N–H and O–H groups in total. The molecule has 69 heteroatoms. The van der Waals surface area contributed by atoms with Crippen molar-refractivity contribution in [3.05, 3.63) is 132 Å². The standard InChI is InChI=1S/C19H14F3I3O9S.C18H16F3I3O7S.C17H16F3I3O7S.C10H6F3I3O6S.C10H7F3I2O6S/c20-19(21,22)10(4-35(29,30)31)32-17(27)11-6-3-7-12(18(28)34-15(7)11)14(6)33-16(26)8-1-5(23)2-9(24)13(8)25;19-18(20,21)14(6-32(27,28)29)31-16(25)10-2-7-1-9(10)13(3-7)30-17(26)11-4-8(22)5-12(23)15(11)24;18-17(19,20)13(7-31(26,27)28)30-15(24)8-2-1-3-10(4-8)29-16(25)11-5-9(21)6-12(22)14(11)23;11-10(12,13)5(2-23(19,20)21)22-9(18)6-3(14)1-4(15)8(17)7(6)16;11-10(12,13)7(3-22(18,19)20)21-9(17)5-1-4(14)2-6(15)8(5)16/h1-2,6-7,10-12,14-15H,3-4H2,(H,29,30,31);4-5,7,9-10,13-14H,1-3,6H2,(H,27,28,29);5-6,8,10,13H,1-4,7H2,(H,26,27,28);1,5,17H,2H2,(H,19,20,21);1-2,7,16H,3H2,(H,18,19,20)/p-5. The molecule has 5 aliphatic carbocycles. The largest absolute Gasteiger partial charge is 0.748 e. The minimum absolute atomic E-state index is 0.0296. The molecule has 4 bridgehead atoms. The van der Waals surface area contributed by atoms with Gasteiger partial charge in [0.25, 0.3) is 0 Å². The van der Waals surface area contributed by atoms with Gasteiger partial charge in [-0.2, -0.15) is 65.9 Å². The number of benzene rings is 5. The van der Waals surface area contributed by atoms with Crippen molar-refractivity contribution in [1.82, 2.24) is 0 Å². The molecule has 6 aliphatic rings. The molecular formula is C74H54F15I14O35S5-5. The molecule has 17 atom stereocenters. The van der Waals surface area contributed by atoms with E-state index >= 15 is 0 Å². The second-order valence-electron chi connectivity index (χ2n) is 30.9. The van der Waals surface area contributed by atoms with Crippen molar-refractivity contribution >= 4 is 421 Å². The van der Waals surface area contributed by atoms with Crippen LogP contribution in [0.5, 0.6) is 11.5 Å². The van der Waals surface area contributed by atoms with E-state index in [1.54, 1.807) is 131 Å². The third-order valence-corrected chi connectivity index (χ3v) is 39.4. The van der Waals surface area contributed by atoms with Crippen molar-refractivity contribution in [1.29, 1.82) is 0 Å². The summed E-state index contributed by atoms with van der Waals surface area (Å²) in [5, 5.41) is 19.4. The maximum atomic E-state index is 13.2. The van der Waals surface area contributed by atoms with E-state index < -0.39 is 272 Å². The van der Waals surface area contributed by atoms with Gasteiger partial charge in [0.15, 0.2) is 0 Å². The van der Waals surface area contributed by atoms with E-state index in [1.807, 2.05) is 131 Å². The highest BCUT2D eigenvalue weighted by atomic mass is 127.